The monoisotopic (exact) mass is 518 g/mol. The van der Waals surface area contributed by atoms with E-state index in [1.165, 1.54) is 6.42 Å². The SMILES string of the molecule is Nc1ncccc1-c1nc2ccc(-c3cccc(N4CCOCC4)n3)nc2n1-c1ccc(C2(N)CCC2)cc1. The molecule has 1 saturated heterocycles. The van der Waals surface area contributed by atoms with Crippen LogP contribution in [0.3, 0.4) is 0 Å². The molecule has 4 N–H and O–H groups in total. The number of imidazole rings is 1. The number of hydrogen-bond acceptors (Lipinski definition) is 8. The van der Waals surface area contributed by atoms with E-state index < -0.39 is 0 Å². The second-order valence-corrected chi connectivity index (χ2v) is 10.3. The Morgan fingerprint density at radius 2 is 1.62 bits per heavy atom. The molecule has 196 valence electrons. The fourth-order valence-corrected chi connectivity index (χ4v) is 5.46. The van der Waals surface area contributed by atoms with Crippen LogP contribution in [0.5, 0.6) is 0 Å². The average molecular weight is 519 g/mol. The van der Waals surface area contributed by atoms with Crippen LogP contribution in [0.25, 0.3) is 39.6 Å². The number of ether oxygens (including phenoxy) is 1. The molecule has 1 saturated carbocycles. The van der Waals surface area contributed by atoms with E-state index >= 15 is 0 Å². The zero-order valence-electron chi connectivity index (χ0n) is 21.6. The van der Waals surface area contributed by atoms with Crippen LogP contribution in [0.2, 0.25) is 0 Å². The van der Waals surface area contributed by atoms with E-state index in [-0.39, 0.29) is 5.54 Å². The smallest absolute Gasteiger partial charge is 0.165 e. The third-order valence-corrected chi connectivity index (χ3v) is 7.86. The zero-order chi connectivity index (χ0) is 26.4. The molecule has 0 bridgehead atoms. The molecule has 0 radical (unpaired) electrons. The van der Waals surface area contributed by atoms with Gasteiger partial charge in [-0.2, -0.15) is 0 Å². The number of anilines is 2. The molecule has 9 nitrogen and oxygen atoms in total. The van der Waals surface area contributed by atoms with Crippen LogP contribution in [0.15, 0.2) is 72.9 Å². The van der Waals surface area contributed by atoms with Crippen molar-refractivity contribution in [3.8, 4) is 28.5 Å². The van der Waals surface area contributed by atoms with Crippen molar-refractivity contribution >= 4 is 22.8 Å². The number of nitrogen functional groups attached to an aromatic ring is 1. The maximum atomic E-state index is 6.60. The molecule has 4 aromatic heterocycles. The Morgan fingerprint density at radius 1 is 0.821 bits per heavy atom. The molecule has 2 aliphatic rings. The standard InChI is InChI=1S/C30H30N8O/c31-27-22(4-2-15-33-27)28-36-25-12-11-24(23-5-1-6-26(34-23)37-16-18-39-19-17-37)35-29(25)38(28)21-9-7-20(8-10-21)30(32)13-3-14-30/h1-2,4-12,15H,3,13-14,16-19,32H2,(H2,31,33). The van der Waals surface area contributed by atoms with Crippen molar-refractivity contribution in [2.75, 3.05) is 36.9 Å². The Kier molecular flexibility index (Phi) is 5.75. The lowest BCUT2D eigenvalue weighted by Crippen LogP contribution is -2.43. The van der Waals surface area contributed by atoms with Crippen LogP contribution in [-0.2, 0) is 10.3 Å². The molecule has 1 aliphatic heterocycles. The average Bonchev–Trinajstić information content (AvgIpc) is 3.35. The van der Waals surface area contributed by atoms with E-state index in [1.54, 1.807) is 6.20 Å². The van der Waals surface area contributed by atoms with Gasteiger partial charge in [0.1, 0.15) is 17.2 Å². The molecule has 7 rings (SSSR count). The highest BCUT2D eigenvalue weighted by Gasteiger charge is 2.34. The maximum absolute atomic E-state index is 6.60. The van der Waals surface area contributed by atoms with E-state index in [0.717, 1.165) is 71.1 Å². The number of hydrogen-bond donors (Lipinski definition) is 2. The Balaban J connectivity index is 1.36. The summed E-state index contributed by atoms with van der Waals surface area (Å²) in [7, 11) is 0. The molecule has 2 fully saturated rings. The van der Waals surface area contributed by atoms with E-state index in [0.29, 0.717) is 24.9 Å². The Bertz CT molecular complexity index is 1650. The first-order chi connectivity index (χ1) is 19.1. The molecule has 1 aliphatic carbocycles. The molecule has 9 heteroatoms. The van der Waals surface area contributed by atoms with Gasteiger partial charge in [0.05, 0.1) is 30.2 Å². The van der Waals surface area contributed by atoms with Gasteiger partial charge >= 0.3 is 0 Å². The van der Waals surface area contributed by atoms with Gasteiger partial charge < -0.3 is 21.1 Å². The van der Waals surface area contributed by atoms with Gasteiger partial charge in [-0.05, 0) is 73.4 Å². The van der Waals surface area contributed by atoms with Crippen LogP contribution in [0, 0.1) is 0 Å². The number of aromatic nitrogens is 5. The van der Waals surface area contributed by atoms with Crippen LogP contribution >= 0.6 is 0 Å². The number of pyridine rings is 3. The summed E-state index contributed by atoms with van der Waals surface area (Å²) < 4.78 is 7.56. The summed E-state index contributed by atoms with van der Waals surface area (Å²) >= 11 is 0. The van der Waals surface area contributed by atoms with Crippen molar-refractivity contribution in [2.24, 2.45) is 5.73 Å². The van der Waals surface area contributed by atoms with Gasteiger partial charge in [0.25, 0.3) is 0 Å². The summed E-state index contributed by atoms with van der Waals surface area (Å²) in [5.41, 5.74) is 18.6. The molecule has 0 atom stereocenters. The number of rotatable bonds is 5. The van der Waals surface area contributed by atoms with Crippen molar-refractivity contribution in [3.05, 3.63) is 78.5 Å². The molecular weight excluding hydrogens is 488 g/mol. The first-order valence-electron chi connectivity index (χ1n) is 13.4. The summed E-state index contributed by atoms with van der Waals surface area (Å²) in [4.78, 5) is 21.5. The van der Waals surface area contributed by atoms with Crippen LogP contribution in [0.1, 0.15) is 24.8 Å². The fourth-order valence-electron chi connectivity index (χ4n) is 5.46. The molecule has 0 unspecified atom stereocenters. The van der Waals surface area contributed by atoms with Crippen molar-refractivity contribution in [2.45, 2.75) is 24.8 Å². The number of fused-ring (bicyclic) bond motifs is 1. The molecule has 1 aromatic carbocycles. The second kappa shape index (κ2) is 9.44. The first-order valence-corrected chi connectivity index (χ1v) is 13.4. The lowest BCUT2D eigenvalue weighted by atomic mass is 9.73. The van der Waals surface area contributed by atoms with Crippen LogP contribution in [0.4, 0.5) is 11.6 Å². The first kappa shape index (κ1) is 23.8. The number of nitrogens with two attached hydrogens (primary N) is 2. The van der Waals surface area contributed by atoms with Gasteiger partial charge in [-0.3, -0.25) is 4.57 Å². The highest BCUT2D eigenvalue weighted by Crippen LogP contribution is 2.39. The Hall–Kier alpha value is -4.34. The fraction of sp³-hybridized carbons (Fsp3) is 0.267. The molecular formula is C30H30N8O. The third-order valence-electron chi connectivity index (χ3n) is 7.86. The predicted octanol–water partition coefficient (Wildman–Crippen LogP) is 4.30. The quantitative estimate of drug-likeness (QED) is 0.353. The van der Waals surface area contributed by atoms with Crippen molar-refractivity contribution in [1.82, 2.24) is 24.5 Å². The minimum absolute atomic E-state index is 0.227. The molecule has 39 heavy (non-hydrogen) atoms. The zero-order valence-corrected chi connectivity index (χ0v) is 21.6. The lowest BCUT2D eigenvalue weighted by Gasteiger charge is -2.38. The third kappa shape index (κ3) is 4.20. The normalized spacial score (nSPS) is 16.8. The van der Waals surface area contributed by atoms with Gasteiger partial charge in [-0.15, -0.1) is 0 Å². The summed E-state index contributed by atoms with van der Waals surface area (Å²) in [6.07, 6.45) is 4.88. The number of morpholine rings is 1. The summed E-state index contributed by atoms with van der Waals surface area (Å²) in [5, 5.41) is 0. The van der Waals surface area contributed by atoms with Gasteiger partial charge in [-0.25, -0.2) is 19.9 Å². The van der Waals surface area contributed by atoms with E-state index in [4.69, 9.17) is 31.2 Å². The van der Waals surface area contributed by atoms with Gasteiger partial charge in [0.2, 0.25) is 0 Å². The minimum atomic E-state index is -0.227. The highest BCUT2D eigenvalue weighted by molar-refractivity contribution is 5.84. The van der Waals surface area contributed by atoms with Gasteiger partial charge in [0.15, 0.2) is 11.5 Å². The molecule has 0 spiro atoms. The van der Waals surface area contributed by atoms with E-state index in [2.05, 4.69) is 34.1 Å². The van der Waals surface area contributed by atoms with Crippen molar-refractivity contribution in [1.29, 1.82) is 0 Å². The topological polar surface area (TPSA) is 121 Å². The highest BCUT2D eigenvalue weighted by atomic mass is 16.5. The summed E-state index contributed by atoms with van der Waals surface area (Å²) in [6.45, 7) is 3.07. The largest absolute Gasteiger partial charge is 0.383 e. The predicted molar refractivity (Wildman–Crippen MR) is 152 cm³/mol. The molecule has 5 aromatic rings. The Morgan fingerprint density at radius 3 is 2.36 bits per heavy atom. The van der Waals surface area contributed by atoms with Crippen molar-refractivity contribution < 1.29 is 4.74 Å². The van der Waals surface area contributed by atoms with Crippen LogP contribution < -0.4 is 16.4 Å². The summed E-state index contributed by atoms with van der Waals surface area (Å²) in [5.74, 6) is 2.03. The van der Waals surface area contributed by atoms with E-state index in [1.807, 2.05) is 47.0 Å². The molecule has 0 amide bonds. The number of nitrogens with zero attached hydrogens (tertiary/aromatic N) is 6. The van der Waals surface area contributed by atoms with Gasteiger partial charge in [0, 0.05) is 30.5 Å². The van der Waals surface area contributed by atoms with Gasteiger partial charge in [-0.1, -0.05) is 18.2 Å². The van der Waals surface area contributed by atoms with E-state index in [9.17, 15) is 0 Å². The van der Waals surface area contributed by atoms with Crippen molar-refractivity contribution in [3.63, 3.8) is 0 Å². The lowest BCUT2D eigenvalue weighted by molar-refractivity contribution is 0.122. The summed E-state index contributed by atoms with van der Waals surface area (Å²) in [6, 6.07) is 22.2. The molecule has 5 heterocycles. The second-order valence-electron chi connectivity index (χ2n) is 10.3. The number of benzene rings is 1. The minimum Gasteiger partial charge on any atom is -0.383 e. The van der Waals surface area contributed by atoms with Crippen LogP contribution in [-0.4, -0.2) is 50.8 Å². The Labute approximate surface area is 226 Å². The maximum Gasteiger partial charge on any atom is 0.165 e.